The zero-order chi connectivity index (χ0) is 16.2. The van der Waals surface area contributed by atoms with Crippen LogP contribution in [0.15, 0.2) is 47.1 Å². The van der Waals surface area contributed by atoms with Gasteiger partial charge in [-0.2, -0.15) is 0 Å². The van der Waals surface area contributed by atoms with Crippen LogP contribution in [0.2, 0.25) is 0 Å². The first-order chi connectivity index (χ1) is 11.1. The average molecular weight is 313 g/mol. The monoisotopic (exact) mass is 313 g/mol. The summed E-state index contributed by atoms with van der Waals surface area (Å²) in [5.41, 5.74) is 2.42. The molecule has 0 aliphatic heterocycles. The van der Waals surface area contributed by atoms with Gasteiger partial charge in [0.1, 0.15) is 0 Å². The van der Waals surface area contributed by atoms with Gasteiger partial charge in [-0.1, -0.05) is 24.3 Å². The van der Waals surface area contributed by atoms with Crippen molar-refractivity contribution < 1.29 is 18.7 Å². The molecule has 1 aromatic heterocycles. The number of hydrogen-bond acceptors (Lipinski definition) is 4. The van der Waals surface area contributed by atoms with Crippen molar-refractivity contribution in [3.05, 3.63) is 59.5 Å². The third-order valence-corrected chi connectivity index (χ3v) is 4.06. The molecule has 1 amide bonds. The number of benzene rings is 1. The minimum absolute atomic E-state index is 0.0304. The second-order valence-electron chi connectivity index (χ2n) is 5.68. The summed E-state index contributed by atoms with van der Waals surface area (Å²) in [4.78, 5) is 24.1. The van der Waals surface area contributed by atoms with Crippen LogP contribution in [0.4, 0.5) is 0 Å². The second-order valence-corrected chi connectivity index (χ2v) is 5.68. The minimum Gasteiger partial charge on any atom is -0.457 e. The lowest BCUT2D eigenvalue weighted by Crippen LogP contribution is -2.39. The van der Waals surface area contributed by atoms with Crippen LogP contribution in [-0.4, -0.2) is 18.0 Å². The van der Waals surface area contributed by atoms with E-state index in [-0.39, 0.29) is 17.7 Å². The molecular formula is C18H19NO4. The lowest BCUT2D eigenvalue weighted by atomic mass is 9.87. The second kappa shape index (κ2) is 6.69. The molecule has 0 saturated heterocycles. The number of aryl methyl sites for hydroxylation is 1. The third kappa shape index (κ3) is 3.44. The van der Waals surface area contributed by atoms with Gasteiger partial charge in [-0.15, -0.1) is 0 Å². The van der Waals surface area contributed by atoms with Crippen molar-refractivity contribution in [2.75, 3.05) is 0 Å². The van der Waals surface area contributed by atoms with Gasteiger partial charge < -0.3 is 14.5 Å². The first-order valence-corrected chi connectivity index (χ1v) is 7.78. The Morgan fingerprint density at radius 2 is 2.09 bits per heavy atom. The molecule has 2 atom stereocenters. The van der Waals surface area contributed by atoms with Crippen molar-refractivity contribution in [3.8, 4) is 0 Å². The van der Waals surface area contributed by atoms with Crippen LogP contribution in [0, 0.1) is 0 Å². The van der Waals surface area contributed by atoms with Gasteiger partial charge in [0.15, 0.2) is 6.10 Å². The summed E-state index contributed by atoms with van der Waals surface area (Å²) >= 11 is 0. The van der Waals surface area contributed by atoms with Crippen molar-refractivity contribution in [1.29, 1.82) is 0 Å². The van der Waals surface area contributed by atoms with Gasteiger partial charge in [0.05, 0.1) is 12.3 Å². The Morgan fingerprint density at radius 1 is 1.26 bits per heavy atom. The summed E-state index contributed by atoms with van der Waals surface area (Å²) in [5.74, 6) is -0.846. The Labute approximate surface area is 134 Å². The number of rotatable bonds is 4. The fourth-order valence-corrected chi connectivity index (χ4v) is 2.86. The van der Waals surface area contributed by atoms with E-state index in [4.69, 9.17) is 9.15 Å². The molecule has 120 valence electrons. The summed E-state index contributed by atoms with van der Waals surface area (Å²) in [7, 11) is 0. The molecule has 1 aliphatic carbocycles. The largest absolute Gasteiger partial charge is 0.457 e. The first-order valence-electron chi connectivity index (χ1n) is 7.78. The van der Waals surface area contributed by atoms with Crippen LogP contribution < -0.4 is 5.32 Å². The van der Waals surface area contributed by atoms with E-state index in [0.29, 0.717) is 0 Å². The van der Waals surface area contributed by atoms with Crippen LogP contribution >= 0.6 is 0 Å². The smallest absolute Gasteiger partial charge is 0.374 e. The van der Waals surface area contributed by atoms with Crippen LogP contribution in [0.25, 0.3) is 0 Å². The zero-order valence-electron chi connectivity index (χ0n) is 13.0. The number of nitrogens with one attached hydrogen (secondary N) is 1. The average Bonchev–Trinajstić information content (AvgIpc) is 3.09. The lowest BCUT2D eigenvalue weighted by molar-refractivity contribution is -0.130. The number of amides is 1. The number of hydrogen-bond donors (Lipinski definition) is 1. The van der Waals surface area contributed by atoms with Crippen molar-refractivity contribution in [3.63, 3.8) is 0 Å². The lowest BCUT2D eigenvalue weighted by Gasteiger charge is -2.27. The van der Waals surface area contributed by atoms with E-state index in [0.717, 1.165) is 24.8 Å². The highest BCUT2D eigenvalue weighted by Gasteiger charge is 2.26. The maximum absolute atomic E-state index is 12.3. The van der Waals surface area contributed by atoms with Gasteiger partial charge in [-0.3, -0.25) is 4.79 Å². The van der Waals surface area contributed by atoms with E-state index in [1.54, 1.807) is 13.0 Å². The Bertz CT molecular complexity index is 693. The predicted molar refractivity (Wildman–Crippen MR) is 83.8 cm³/mol. The van der Waals surface area contributed by atoms with E-state index in [2.05, 4.69) is 11.4 Å². The maximum atomic E-state index is 12.3. The van der Waals surface area contributed by atoms with Crippen LogP contribution in [-0.2, 0) is 16.0 Å². The van der Waals surface area contributed by atoms with Crippen molar-refractivity contribution in [1.82, 2.24) is 5.32 Å². The van der Waals surface area contributed by atoms with Gasteiger partial charge in [-0.05, 0) is 49.4 Å². The van der Waals surface area contributed by atoms with Gasteiger partial charge in [0.2, 0.25) is 5.76 Å². The number of carbonyl (C=O) groups excluding carboxylic acids is 2. The number of ether oxygens (including phenoxy) is 1. The molecule has 0 unspecified atom stereocenters. The van der Waals surface area contributed by atoms with Crippen LogP contribution in [0.5, 0.6) is 0 Å². The van der Waals surface area contributed by atoms with Crippen molar-refractivity contribution in [2.24, 2.45) is 0 Å². The van der Waals surface area contributed by atoms with Gasteiger partial charge in [0, 0.05) is 0 Å². The van der Waals surface area contributed by atoms with Gasteiger partial charge >= 0.3 is 5.97 Å². The molecule has 1 N–H and O–H groups in total. The molecule has 23 heavy (non-hydrogen) atoms. The first kappa shape index (κ1) is 15.3. The molecule has 0 radical (unpaired) electrons. The molecule has 1 heterocycles. The normalized spacial score (nSPS) is 17.9. The molecule has 1 aromatic carbocycles. The molecule has 0 saturated carbocycles. The molecule has 2 aromatic rings. The number of carbonyl (C=O) groups is 2. The van der Waals surface area contributed by atoms with Crippen LogP contribution in [0.3, 0.4) is 0 Å². The molecule has 5 heteroatoms. The summed E-state index contributed by atoms with van der Waals surface area (Å²) in [6.07, 6.45) is 3.47. The Kier molecular flexibility index (Phi) is 4.46. The minimum atomic E-state index is -0.873. The van der Waals surface area contributed by atoms with Gasteiger partial charge in [-0.25, -0.2) is 4.79 Å². The molecule has 0 bridgehead atoms. The highest BCUT2D eigenvalue weighted by atomic mass is 16.6. The Hall–Kier alpha value is -2.56. The van der Waals surface area contributed by atoms with E-state index >= 15 is 0 Å². The van der Waals surface area contributed by atoms with Crippen LogP contribution in [0.1, 0.15) is 47.5 Å². The van der Waals surface area contributed by atoms with E-state index in [1.807, 2.05) is 18.2 Å². The molecule has 5 nitrogen and oxygen atoms in total. The molecule has 1 aliphatic rings. The Morgan fingerprint density at radius 3 is 2.87 bits per heavy atom. The van der Waals surface area contributed by atoms with E-state index in [9.17, 15) is 9.59 Å². The summed E-state index contributed by atoms with van der Waals surface area (Å²) in [6.45, 7) is 1.56. The number of fused-ring (bicyclic) bond motifs is 1. The molecule has 3 rings (SSSR count). The highest BCUT2D eigenvalue weighted by molar-refractivity contribution is 5.90. The van der Waals surface area contributed by atoms with E-state index < -0.39 is 12.1 Å². The third-order valence-electron chi connectivity index (χ3n) is 4.06. The predicted octanol–water partition coefficient (Wildman–Crippen LogP) is 3.02. The quantitative estimate of drug-likeness (QED) is 0.881. The SMILES string of the molecule is C[C@H](OC(=O)c1ccco1)C(=O)N[C@H]1CCCc2ccccc21. The fraction of sp³-hybridized carbons (Fsp3) is 0.333. The zero-order valence-corrected chi connectivity index (χ0v) is 13.0. The van der Waals surface area contributed by atoms with Gasteiger partial charge in [0.25, 0.3) is 5.91 Å². The van der Waals surface area contributed by atoms with Crippen molar-refractivity contribution in [2.45, 2.75) is 38.3 Å². The topological polar surface area (TPSA) is 68.5 Å². The molecular weight excluding hydrogens is 294 g/mol. The number of esters is 1. The summed E-state index contributed by atoms with van der Waals surface area (Å²) in [6, 6.07) is 11.2. The van der Waals surface area contributed by atoms with Crippen molar-refractivity contribution >= 4 is 11.9 Å². The molecule has 0 fully saturated rings. The fourth-order valence-electron chi connectivity index (χ4n) is 2.86. The maximum Gasteiger partial charge on any atom is 0.374 e. The Balaban J connectivity index is 1.62. The highest BCUT2D eigenvalue weighted by Crippen LogP contribution is 2.29. The summed E-state index contributed by atoms with van der Waals surface area (Å²) in [5, 5.41) is 2.98. The summed E-state index contributed by atoms with van der Waals surface area (Å²) < 4.78 is 10.1. The standard InChI is InChI=1S/C18H19NO4/c1-12(23-18(21)16-10-5-11-22-16)17(20)19-15-9-4-7-13-6-2-3-8-14(13)15/h2-3,5-6,8,10-12,15H,4,7,9H2,1H3,(H,19,20)/t12-,15-/m0/s1. The molecule has 0 spiro atoms. The number of furan rings is 1. The van der Waals surface area contributed by atoms with E-state index in [1.165, 1.54) is 17.9 Å².